The summed E-state index contributed by atoms with van der Waals surface area (Å²) in [6, 6.07) is 6.46. The zero-order chi connectivity index (χ0) is 22.4. The van der Waals surface area contributed by atoms with Gasteiger partial charge in [-0.3, -0.25) is 14.5 Å². The lowest BCUT2D eigenvalue weighted by molar-refractivity contribution is -0.140. The number of likely N-dealkylation sites (tertiary alicyclic amines) is 1. The topological polar surface area (TPSA) is 98.4 Å². The number of carbonyl (C=O) groups excluding carboxylic acids is 1. The van der Waals surface area contributed by atoms with Gasteiger partial charge in [0.1, 0.15) is 5.76 Å². The van der Waals surface area contributed by atoms with Gasteiger partial charge in [0.05, 0.1) is 40.2 Å². The van der Waals surface area contributed by atoms with Crippen LogP contribution in [0.4, 0.5) is 0 Å². The van der Waals surface area contributed by atoms with Crippen molar-refractivity contribution < 1.29 is 28.5 Å². The number of benzene rings is 1. The number of esters is 1. The van der Waals surface area contributed by atoms with Gasteiger partial charge in [-0.15, -0.1) is 0 Å². The Bertz CT molecular complexity index is 963. The van der Waals surface area contributed by atoms with Crippen LogP contribution in [0.25, 0.3) is 0 Å². The van der Waals surface area contributed by atoms with Crippen LogP contribution in [-0.2, 0) is 16.1 Å². The molecular formula is C23H29NO7. The Hall–Kier alpha value is -3.00. The van der Waals surface area contributed by atoms with Crippen molar-refractivity contribution in [2.45, 2.75) is 38.1 Å². The molecule has 1 aliphatic rings. The molecule has 3 rings (SSSR count). The van der Waals surface area contributed by atoms with Gasteiger partial charge in [0.25, 0.3) is 0 Å². The number of hydrogen-bond donors (Lipinski definition) is 1. The lowest BCUT2D eigenvalue weighted by Gasteiger charge is -2.26. The summed E-state index contributed by atoms with van der Waals surface area (Å²) in [6.07, 6.45) is 3.29. The summed E-state index contributed by atoms with van der Waals surface area (Å²) in [5, 5.41) is 10.5. The second kappa shape index (κ2) is 10.3. The molecule has 0 radical (unpaired) electrons. The molecule has 1 N–H and O–H groups in total. The van der Waals surface area contributed by atoms with Crippen molar-refractivity contribution in [2.24, 2.45) is 0 Å². The summed E-state index contributed by atoms with van der Waals surface area (Å²) < 4.78 is 21.5. The number of carbonyl (C=O) groups is 1. The maximum absolute atomic E-state index is 12.5. The van der Waals surface area contributed by atoms with E-state index in [4.69, 9.17) is 18.6 Å². The Kier molecular flexibility index (Phi) is 7.57. The maximum atomic E-state index is 12.5. The first kappa shape index (κ1) is 22.7. The Labute approximate surface area is 181 Å². The third-order valence-electron chi connectivity index (χ3n) is 5.55. The molecule has 1 aromatic heterocycles. The fourth-order valence-corrected chi connectivity index (χ4v) is 3.89. The molecular weight excluding hydrogens is 402 g/mol. The van der Waals surface area contributed by atoms with Crippen LogP contribution in [0.3, 0.4) is 0 Å². The van der Waals surface area contributed by atoms with Crippen LogP contribution in [-0.4, -0.2) is 50.4 Å². The molecule has 1 fully saturated rings. The summed E-state index contributed by atoms with van der Waals surface area (Å²) in [5.74, 6) is -0.267. The zero-order valence-electron chi connectivity index (χ0n) is 18.2. The van der Waals surface area contributed by atoms with Gasteiger partial charge >= 0.3 is 5.97 Å². The second-order valence-corrected chi connectivity index (χ2v) is 7.57. The second-order valence-electron chi connectivity index (χ2n) is 7.57. The smallest absolute Gasteiger partial charge is 0.306 e. The highest BCUT2D eigenvalue weighted by Gasteiger charge is 2.28. The molecule has 31 heavy (non-hydrogen) atoms. The first-order chi connectivity index (χ1) is 15.0. The fraction of sp³-hybridized carbons (Fsp3) is 0.478. The van der Waals surface area contributed by atoms with Crippen LogP contribution in [0, 0.1) is 0 Å². The molecule has 8 nitrogen and oxygen atoms in total. The number of methoxy groups -OCH3 is 3. The van der Waals surface area contributed by atoms with Gasteiger partial charge in [-0.1, -0.05) is 12.5 Å². The van der Waals surface area contributed by atoms with E-state index in [1.165, 1.54) is 33.8 Å². The summed E-state index contributed by atoms with van der Waals surface area (Å²) in [7, 11) is 4.32. The first-order valence-electron chi connectivity index (χ1n) is 10.3. The fourth-order valence-electron chi connectivity index (χ4n) is 3.89. The molecule has 1 aliphatic heterocycles. The third-order valence-corrected chi connectivity index (χ3v) is 5.55. The van der Waals surface area contributed by atoms with E-state index < -0.39 is 23.1 Å². The van der Waals surface area contributed by atoms with Crippen molar-refractivity contribution in [1.82, 2.24) is 4.90 Å². The number of ether oxygens (including phenoxy) is 3. The highest BCUT2D eigenvalue weighted by atomic mass is 16.5. The van der Waals surface area contributed by atoms with E-state index in [-0.39, 0.29) is 12.2 Å². The minimum absolute atomic E-state index is 0.0390. The van der Waals surface area contributed by atoms with Gasteiger partial charge in [-0.25, -0.2) is 0 Å². The summed E-state index contributed by atoms with van der Waals surface area (Å²) in [6.45, 7) is 2.34. The minimum atomic E-state index is -0.735. The summed E-state index contributed by atoms with van der Waals surface area (Å²) in [4.78, 5) is 26.9. The third kappa shape index (κ3) is 5.38. The summed E-state index contributed by atoms with van der Waals surface area (Å²) >= 11 is 0. The highest BCUT2D eigenvalue weighted by molar-refractivity contribution is 5.71. The first-order valence-corrected chi connectivity index (χ1v) is 10.3. The molecule has 2 aromatic rings. The van der Waals surface area contributed by atoms with E-state index in [1.807, 2.05) is 0 Å². The Morgan fingerprint density at radius 3 is 2.45 bits per heavy atom. The van der Waals surface area contributed by atoms with Gasteiger partial charge in [-0.2, -0.15) is 0 Å². The van der Waals surface area contributed by atoms with E-state index in [9.17, 15) is 14.7 Å². The number of rotatable bonds is 8. The van der Waals surface area contributed by atoms with Crippen LogP contribution in [0.15, 0.2) is 33.5 Å². The van der Waals surface area contributed by atoms with Crippen LogP contribution >= 0.6 is 0 Å². The van der Waals surface area contributed by atoms with Gasteiger partial charge in [-0.05, 0) is 43.6 Å². The van der Waals surface area contributed by atoms with E-state index >= 15 is 0 Å². The quantitative estimate of drug-likeness (QED) is 0.637. The summed E-state index contributed by atoms with van der Waals surface area (Å²) in [5.41, 5.74) is 0.0835. The zero-order valence-corrected chi connectivity index (χ0v) is 18.2. The van der Waals surface area contributed by atoms with Crippen LogP contribution in [0.2, 0.25) is 0 Å². The Morgan fingerprint density at radius 2 is 1.81 bits per heavy atom. The molecule has 1 aromatic carbocycles. The van der Waals surface area contributed by atoms with E-state index in [0.29, 0.717) is 29.4 Å². The number of nitrogens with zero attached hydrogens (tertiary/aromatic N) is 1. The van der Waals surface area contributed by atoms with Gasteiger partial charge in [0, 0.05) is 6.07 Å². The van der Waals surface area contributed by atoms with Crippen molar-refractivity contribution in [2.75, 3.05) is 34.4 Å². The van der Waals surface area contributed by atoms with Gasteiger partial charge in [0.15, 0.2) is 17.3 Å². The van der Waals surface area contributed by atoms with Crippen molar-refractivity contribution in [3.63, 3.8) is 0 Å². The highest BCUT2D eigenvalue weighted by Crippen LogP contribution is 2.37. The van der Waals surface area contributed by atoms with Crippen molar-refractivity contribution in [3.8, 4) is 17.2 Å². The van der Waals surface area contributed by atoms with Crippen LogP contribution < -0.4 is 14.9 Å². The van der Waals surface area contributed by atoms with Gasteiger partial charge in [0.2, 0.25) is 11.2 Å². The van der Waals surface area contributed by atoms with Crippen LogP contribution in [0.1, 0.15) is 48.7 Å². The van der Waals surface area contributed by atoms with E-state index in [2.05, 4.69) is 4.90 Å². The largest absolute Gasteiger partial charge is 0.502 e. The van der Waals surface area contributed by atoms with E-state index in [1.54, 1.807) is 18.2 Å². The molecule has 0 unspecified atom stereocenters. The number of hydrogen-bond acceptors (Lipinski definition) is 8. The van der Waals surface area contributed by atoms with Crippen molar-refractivity contribution >= 4 is 5.97 Å². The minimum Gasteiger partial charge on any atom is -0.502 e. The van der Waals surface area contributed by atoms with Gasteiger partial charge < -0.3 is 23.7 Å². The molecule has 0 saturated carbocycles. The monoisotopic (exact) mass is 431 g/mol. The lowest BCUT2D eigenvalue weighted by Crippen LogP contribution is -2.29. The number of aromatic hydroxyl groups is 1. The lowest BCUT2D eigenvalue weighted by atomic mass is 9.91. The predicted octanol–water partition coefficient (Wildman–Crippen LogP) is 3.04. The average Bonchev–Trinajstić information content (AvgIpc) is 2.80. The molecule has 1 saturated heterocycles. The SMILES string of the molecule is COC(=O)C[C@H](c1ccc(OC)c(OC)c1)c1oc(CN2CCCCC2)cc(=O)c1O. The molecule has 0 aliphatic carbocycles. The molecule has 2 heterocycles. The predicted molar refractivity (Wildman–Crippen MR) is 114 cm³/mol. The standard InChI is InChI=1S/C23H29NO7/c1-28-19-8-7-15(11-20(19)29-2)17(13-21(26)30-3)23-22(27)18(25)12-16(31-23)14-24-9-5-4-6-10-24/h7-8,11-12,17,27H,4-6,9-10,13-14H2,1-3H3/t17-/m1/s1. The number of piperidine rings is 1. The van der Waals surface area contributed by atoms with E-state index in [0.717, 1.165) is 25.9 Å². The Morgan fingerprint density at radius 1 is 1.10 bits per heavy atom. The van der Waals surface area contributed by atoms with Crippen molar-refractivity contribution in [1.29, 1.82) is 0 Å². The van der Waals surface area contributed by atoms with Crippen molar-refractivity contribution in [3.05, 3.63) is 51.6 Å². The van der Waals surface area contributed by atoms with Crippen LogP contribution in [0.5, 0.6) is 17.2 Å². The molecule has 0 spiro atoms. The molecule has 0 amide bonds. The normalized spacial score (nSPS) is 15.3. The Balaban J connectivity index is 2.04. The molecule has 168 valence electrons. The molecule has 0 bridgehead atoms. The maximum Gasteiger partial charge on any atom is 0.306 e. The average molecular weight is 431 g/mol. The molecule has 1 atom stereocenters. The molecule has 8 heteroatoms.